The highest BCUT2D eigenvalue weighted by atomic mass is 79.9. The Labute approximate surface area is 221 Å². The highest BCUT2D eigenvalue weighted by molar-refractivity contribution is 9.10. The first-order valence-electron chi connectivity index (χ1n) is 11.0. The summed E-state index contributed by atoms with van der Waals surface area (Å²) < 4.78 is 14.6. The van der Waals surface area contributed by atoms with E-state index in [0.717, 1.165) is 4.47 Å². The van der Waals surface area contributed by atoms with Crippen LogP contribution >= 0.6 is 43.5 Å². The topological polar surface area (TPSA) is 65.7 Å². The molecular weight excluding hydrogens is 586 g/mol. The summed E-state index contributed by atoms with van der Waals surface area (Å²) in [4.78, 5) is 18.0. The van der Waals surface area contributed by atoms with E-state index in [-0.39, 0.29) is 16.9 Å². The average Bonchev–Trinajstić information content (AvgIpc) is 2.75. The summed E-state index contributed by atoms with van der Waals surface area (Å²) >= 11 is 13.6. The Morgan fingerprint density at radius 3 is 2.53 bits per heavy atom. The first-order valence-corrected chi connectivity index (χ1v) is 12.9. The van der Waals surface area contributed by atoms with Crippen molar-refractivity contribution in [3.05, 3.63) is 60.0 Å². The van der Waals surface area contributed by atoms with Crippen molar-refractivity contribution in [2.24, 2.45) is 10.5 Å². The van der Waals surface area contributed by atoms with Crippen LogP contribution in [0.1, 0.15) is 58.8 Å². The maximum atomic E-state index is 13.3. The van der Waals surface area contributed by atoms with Crippen LogP contribution in [0.2, 0.25) is 5.02 Å². The third kappa shape index (κ3) is 6.01. The van der Waals surface area contributed by atoms with Crippen LogP contribution in [0, 0.1) is 5.41 Å². The smallest absolute Gasteiger partial charge is 0.282 e. The zero-order valence-corrected chi connectivity index (χ0v) is 24.0. The lowest BCUT2D eigenvalue weighted by Crippen LogP contribution is -2.23. The van der Waals surface area contributed by atoms with Crippen LogP contribution < -0.4 is 15.0 Å². The fraction of sp³-hybridized carbons (Fsp3) is 0.400. The lowest BCUT2D eigenvalue weighted by molar-refractivity contribution is 0.188. The lowest BCUT2D eigenvalue weighted by atomic mass is 9.99. The number of hydrogen-bond acceptors (Lipinski definition) is 5. The number of rotatable bonds is 7. The van der Waals surface area contributed by atoms with E-state index in [1.807, 2.05) is 32.9 Å². The predicted molar refractivity (Wildman–Crippen MR) is 146 cm³/mol. The van der Waals surface area contributed by atoms with Gasteiger partial charge in [0, 0.05) is 20.4 Å². The summed E-state index contributed by atoms with van der Waals surface area (Å²) in [5.74, 6) is 1.53. The van der Waals surface area contributed by atoms with Gasteiger partial charge in [-0.2, -0.15) is 9.78 Å². The fourth-order valence-electron chi connectivity index (χ4n) is 3.16. The molecule has 1 heterocycles. The Morgan fingerprint density at radius 2 is 1.91 bits per heavy atom. The monoisotopic (exact) mass is 611 g/mol. The third-order valence-electron chi connectivity index (χ3n) is 4.77. The zero-order valence-electron chi connectivity index (χ0n) is 20.1. The van der Waals surface area contributed by atoms with E-state index in [2.05, 4.69) is 62.7 Å². The van der Waals surface area contributed by atoms with E-state index in [0.29, 0.717) is 56.5 Å². The summed E-state index contributed by atoms with van der Waals surface area (Å²) in [6.45, 7) is 13.0. The van der Waals surface area contributed by atoms with Crippen LogP contribution in [-0.4, -0.2) is 29.1 Å². The molecule has 3 rings (SSSR count). The van der Waals surface area contributed by atoms with Gasteiger partial charge >= 0.3 is 0 Å². The minimum Gasteiger partial charge on any atom is -0.490 e. The number of benzene rings is 2. The number of ether oxygens (including phenoxy) is 2. The molecule has 34 heavy (non-hydrogen) atoms. The summed E-state index contributed by atoms with van der Waals surface area (Å²) in [5, 5.41) is 5.37. The van der Waals surface area contributed by atoms with Crippen LogP contribution in [0.5, 0.6) is 11.5 Å². The molecule has 0 atom stereocenters. The van der Waals surface area contributed by atoms with Crippen LogP contribution in [0.15, 0.2) is 43.1 Å². The van der Waals surface area contributed by atoms with Gasteiger partial charge < -0.3 is 9.47 Å². The van der Waals surface area contributed by atoms with Crippen molar-refractivity contribution in [2.45, 2.75) is 47.5 Å². The SMILES string of the molecule is CCOc1cc(C=Nn2c(C(C)C)nc3ccc(Br)cc3c2=O)c(Br)c(Cl)c1OCC(C)(C)C. The van der Waals surface area contributed by atoms with Gasteiger partial charge in [-0.1, -0.05) is 62.1 Å². The highest BCUT2D eigenvalue weighted by Gasteiger charge is 2.21. The van der Waals surface area contributed by atoms with Gasteiger partial charge in [-0.3, -0.25) is 4.79 Å². The molecule has 0 radical (unpaired) electrons. The number of halogens is 3. The third-order valence-corrected chi connectivity index (χ3v) is 6.70. The van der Waals surface area contributed by atoms with Gasteiger partial charge in [-0.05, 0) is 52.5 Å². The fourth-order valence-corrected chi connectivity index (χ4v) is 4.17. The normalized spacial score (nSPS) is 12.2. The van der Waals surface area contributed by atoms with Crippen molar-refractivity contribution < 1.29 is 9.47 Å². The molecule has 0 aliphatic rings. The minimum atomic E-state index is -0.247. The summed E-state index contributed by atoms with van der Waals surface area (Å²) in [5.41, 5.74) is 0.981. The van der Waals surface area contributed by atoms with Gasteiger partial charge in [0.25, 0.3) is 5.56 Å². The second-order valence-electron chi connectivity index (χ2n) is 9.35. The molecular formula is C25H28Br2ClN3O3. The Balaban J connectivity index is 2.13. The van der Waals surface area contributed by atoms with Crippen molar-refractivity contribution in [1.29, 1.82) is 0 Å². The molecule has 0 aliphatic heterocycles. The van der Waals surface area contributed by atoms with E-state index in [9.17, 15) is 4.79 Å². The Morgan fingerprint density at radius 1 is 1.21 bits per heavy atom. The van der Waals surface area contributed by atoms with Gasteiger partial charge in [0.1, 0.15) is 10.8 Å². The maximum absolute atomic E-state index is 13.3. The van der Waals surface area contributed by atoms with Crippen LogP contribution in [0.3, 0.4) is 0 Å². The van der Waals surface area contributed by atoms with Gasteiger partial charge in [-0.15, -0.1) is 0 Å². The van der Waals surface area contributed by atoms with Gasteiger partial charge in [-0.25, -0.2) is 4.98 Å². The molecule has 0 fully saturated rings. The summed E-state index contributed by atoms with van der Waals surface area (Å²) in [7, 11) is 0. The lowest BCUT2D eigenvalue weighted by Gasteiger charge is -2.22. The molecule has 1 aromatic heterocycles. The molecule has 2 aromatic carbocycles. The van der Waals surface area contributed by atoms with Gasteiger partial charge in [0.15, 0.2) is 11.5 Å². The molecule has 0 spiro atoms. The quantitative estimate of drug-likeness (QED) is 0.261. The summed E-state index contributed by atoms with van der Waals surface area (Å²) in [6.07, 6.45) is 1.57. The molecule has 182 valence electrons. The number of fused-ring (bicyclic) bond motifs is 1. The second kappa shape index (κ2) is 10.8. The average molecular weight is 614 g/mol. The van der Waals surface area contributed by atoms with Crippen molar-refractivity contribution in [2.75, 3.05) is 13.2 Å². The Hall–Kier alpha value is -1.90. The first kappa shape index (κ1) is 26.7. The summed E-state index contributed by atoms with van der Waals surface area (Å²) in [6, 6.07) is 7.24. The van der Waals surface area contributed by atoms with Crippen molar-refractivity contribution in [3.8, 4) is 11.5 Å². The van der Waals surface area contributed by atoms with Crippen molar-refractivity contribution >= 4 is 60.6 Å². The van der Waals surface area contributed by atoms with E-state index in [4.69, 9.17) is 21.1 Å². The van der Waals surface area contributed by atoms with E-state index < -0.39 is 0 Å². The van der Waals surface area contributed by atoms with Gasteiger partial charge in [0.05, 0.1) is 30.3 Å². The molecule has 0 N–H and O–H groups in total. The van der Waals surface area contributed by atoms with Crippen LogP contribution in [0.25, 0.3) is 10.9 Å². The van der Waals surface area contributed by atoms with E-state index in [1.54, 1.807) is 18.3 Å². The molecule has 0 saturated heterocycles. The van der Waals surface area contributed by atoms with E-state index >= 15 is 0 Å². The van der Waals surface area contributed by atoms with E-state index in [1.165, 1.54) is 4.68 Å². The predicted octanol–water partition coefficient (Wildman–Crippen LogP) is 7.40. The number of hydrogen-bond donors (Lipinski definition) is 0. The van der Waals surface area contributed by atoms with Crippen molar-refractivity contribution in [3.63, 3.8) is 0 Å². The molecule has 0 amide bonds. The Kier molecular flexibility index (Phi) is 8.47. The molecule has 9 heteroatoms. The largest absolute Gasteiger partial charge is 0.490 e. The molecule has 3 aromatic rings. The molecule has 6 nitrogen and oxygen atoms in total. The number of aromatic nitrogens is 2. The van der Waals surface area contributed by atoms with Crippen LogP contribution in [0.4, 0.5) is 0 Å². The van der Waals surface area contributed by atoms with Gasteiger partial charge in [0.2, 0.25) is 0 Å². The molecule has 0 aliphatic carbocycles. The molecule has 0 bridgehead atoms. The highest BCUT2D eigenvalue weighted by Crippen LogP contribution is 2.43. The zero-order chi connectivity index (χ0) is 25.2. The maximum Gasteiger partial charge on any atom is 0.282 e. The minimum absolute atomic E-state index is 0.0166. The second-order valence-corrected chi connectivity index (χ2v) is 11.4. The Bertz CT molecular complexity index is 1300. The molecule has 0 unspecified atom stereocenters. The molecule has 0 saturated carbocycles. The number of nitrogens with zero attached hydrogens (tertiary/aromatic N) is 3. The first-order chi connectivity index (χ1) is 15.9. The van der Waals surface area contributed by atoms with Crippen molar-refractivity contribution in [1.82, 2.24) is 9.66 Å². The van der Waals surface area contributed by atoms with Crippen LogP contribution in [-0.2, 0) is 0 Å². The standard InChI is InChI=1S/C25H28Br2ClN3O3/c1-7-33-19-10-15(20(27)21(28)22(19)34-13-25(4,5)6)12-29-31-23(14(2)3)30-18-9-8-16(26)11-17(18)24(31)32/h8-12,14H,7,13H2,1-6H3.